The second kappa shape index (κ2) is 5.19. The first kappa shape index (κ1) is 12.6. The number of benzene rings is 1. The quantitative estimate of drug-likeness (QED) is 0.485. The molecule has 18 heavy (non-hydrogen) atoms. The first-order chi connectivity index (χ1) is 8.61. The van der Waals surface area contributed by atoms with Gasteiger partial charge < -0.3 is 10.8 Å². The minimum absolute atomic E-state index is 0.0784. The zero-order chi connectivity index (χ0) is 13.1. The average molecular weight is 258 g/mol. The van der Waals surface area contributed by atoms with Crippen molar-refractivity contribution in [2.45, 2.75) is 25.7 Å². The van der Waals surface area contributed by atoms with Crippen LogP contribution in [0.5, 0.6) is 5.75 Å². The zero-order valence-corrected chi connectivity index (χ0v) is 10.8. The molecule has 0 unspecified atom stereocenters. The monoisotopic (exact) mass is 258 g/mol. The van der Waals surface area contributed by atoms with Gasteiger partial charge in [-0.05, 0) is 54.5 Å². The van der Waals surface area contributed by atoms with Crippen LogP contribution in [0.1, 0.15) is 29.5 Å². The Morgan fingerprint density at radius 1 is 1.39 bits per heavy atom. The van der Waals surface area contributed by atoms with E-state index in [1.807, 2.05) is 12.1 Å². The molecule has 0 amide bonds. The second-order valence-electron chi connectivity index (χ2n) is 4.42. The highest BCUT2D eigenvalue weighted by molar-refractivity contribution is 7.80. The van der Waals surface area contributed by atoms with Gasteiger partial charge >= 0.3 is 0 Å². The summed E-state index contributed by atoms with van der Waals surface area (Å²) in [6.45, 7) is 0. The van der Waals surface area contributed by atoms with E-state index in [1.54, 1.807) is 12.1 Å². The molecule has 3 nitrogen and oxygen atoms in total. The molecule has 0 bridgehead atoms. The number of phenols is 1. The van der Waals surface area contributed by atoms with Gasteiger partial charge in [0.25, 0.3) is 0 Å². The molecule has 0 saturated carbocycles. The fraction of sp³-hybridized carbons (Fsp3) is 0.286. The molecule has 92 valence electrons. The maximum absolute atomic E-state index is 9.99. The summed E-state index contributed by atoms with van der Waals surface area (Å²) in [7, 11) is 0. The van der Waals surface area contributed by atoms with Crippen molar-refractivity contribution in [3.8, 4) is 11.8 Å². The normalized spacial score (nSPS) is 14.7. The Bertz CT molecular complexity index is 570. The zero-order valence-electron chi connectivity index (χ0n) is 9.94. The fourth-order valence-electron chi connectivity index (χ4n) is 2.28. The van der Waals surface area contributed by atoms with Gasteiger partial charge in [-0.15, -0.1) is 0 Å². The molecule has 1 aromatic carbocycles. The van der Waals surface area contributed by atoms with E-state index in [0.29, 0.717) is 5.75 Å². The van der Waals surface area contributed by atoms with Crippen LogP contribution in [0.15, 0.2) is 17.7 Å². The Morgan fingerprint density at radius 3 is 2.78 bits per heavy atom. The molecule has 2 rings (SSSR count). The van der Waals surface area contributed by atoms with Crippen molar-refractivity contribution >= 4 is 23.3 Å². The van der Waals surface area contributed by atoms with Crippen LogP contribution in [0.25, 0.3) is 6.08 Å². The topological polar surface area (TPSA) is 70.0 Å². The van der Waals surface area contributed by atoms with Crippen molar-refractivity contribution < 1.29 is 5.11 Å². The lowest BCUT2D eigenvalue weighted by Crippen LogP contribution is -2.09. The number of rotatable bonds is 2. The van der Waals surface area contributed by atoms with E-state index in [0.717, 1.165) is 42.4 Å². The highest BCUT2D eigenvalue weighted by atomic mass is 32.1. The number of aryl methyl sites for hydroxylation is 1. The standard InChI is InChI=1S/C14H14N2OS/c15-8-11(14(16)18)6-9-5-10-3-1-2-4-12(10)13(17)7-9/h5-7,17H,1-4H2,(H2,16,18). The molecule has 0 aliphatic heterocycles. The van der Waals surface area contributed by atoms with Gasteiger partial charge in [-0.1, -0.05) is 18.3 Å². The molecule has 0 spiro atoms. The number of hydrogen-bond acceptors (Lipinski definition) is 3. The van der Waals surface area contributed by atoms with Gasteiger partial charge in [0.1, 0.15) is 16.8 Å². The van der Waals surface area contributed by atoms with Crippen molar-refractivity contribution in [2.24, 2.45) is 5.73 Å². The fourth-order valence-corrected chi connectivity index (χ4v) is 2.38. The lowest BCUT2D eigenvalue weighted by Gasteiger charge is -2.17. The summed E-state index contributed by atoms with van der Waals surface area (Å²) >= 11 is 4.79. The van der Waals surface area contributed by atoms with Crippen LogP contribution in [-0.4, -0.2) is 10.1 Å². The molecule has 0 radical (unpaired) electrons. The van der Waals surface area contributed by atoms with E-state index in [-0.39, 0.29) is 10.6 Å². The van der Waals surface area contributed by atoms with Crippen molar-refractivity contribution in [2.75, 3.05) is 0 Å². The predicted octanol–water partition coefficient (Wildman–Crippen LogP) is 2.46. The minimum atomic E-state index is 0.0784. The number of fused-ring (bicyclic) bond motifs is 1. The molecule has 0 aromatic heterocycles. The summed E-state index contributed by atoms with van der Waals surface area (Å²) < 4.78 is 0. The maximum atomic E-state index is 9.99. The van der Waals surface area contributed by atoms with Crippen LogP contribution in [0.3, 0.4) is 0 Å². The van der Waals surface area contributed by atoms with Crippen molar-refractivity contribution in [3.05, 3.63) is 34.4 Å². The molecule has 1 aromatic rings. The number of thiocarbonyl (C=S) groups is 1. The highest BCUT2D eigenvalue weighted by Gasteiger charge is 2.14. The molecule has 1 aliphatic rings. The summed E-state index contributed by atoms with van der Waals surface area (Å²) in [5.41, 5.74) is 8.68. The van der Waals surface area contributed by atoms with E-state index < -0.39 is 0 Å². The van der Waals surface area contributed by atoms with Crippen LogP contribution < -0.4 is 5.73 Å². The first-order valence-electron chi connectivity index (χ1n) is 5.88. The molecule has 3 N–H and O–H groups in total. The molecule has 0 heterocycles. The van der Waals surface area contributed by atoms with Crippen LogP contribution in [-0.2, 0) is 12.8 Å². The Morgan fingerprint density at radius 2 is 2.11 bits per heavy atom. The molecule has 4 heteroatoms. The van der Waals surface area contributed by atoms with Crippen LogP contribution in [0.4, 0.5) is 0 Å². The number of phenolic OH excluding ortho intramolecular Hbond substituents is 1. The predicted molar refractivity (Wildman–Crippen MR) is 75.1 cm³/mol. The third-order valence-corrected chi connectivity index (χ3v) is 3.38. The van der Waals surface area contributed by atoms with Gasteiger partial charge in [0.05, 0.1) is 5.57 Å². The summed E-state index contributed by atoms with van der Waals surface area (Å²) in [6, 6.07) is 5.63. The average Bonchev–Trinajstić information content (AvgIpc) is 2.35. The SMILES string of the molecule is N#CC(=Cc1cc(O)c2c(c1)CCCC2)C(N)=S. The van der Waals surface area contributed by atoms with E-state index in [9.17, 15) is 5.11 Å². The molecular weight excluding hydrogens is 244 g/mol. The number of nitrogens with zero attached hydrogens (tertiary/aromatic N) is 1. The van der Waals surface area contributed by atoms with Crippen LogP contribution >= 0.6 is 12.2 Å². The summed E-state index contributed by atoms with van der Waals surface area (Å²) in [6.07, 6.45) is 5.77. The number of hydrogen-bond donors (Lipinski definition) is 2. The summed E-state index contributed by atoms with van der Waals surface area (Å²) in [4.78, 5) is 0.0784. The van der Waals surface area contributed by atoms with Gasteiger partial charge in [-0.25, -0.2) is 0 Å². The smallest absolute Gasteiger partial charge is 0.119 e. The lowest BCUT2D eigenvalue weighted by molar-refractivity contribution is 0.462. The van der Waals surface area contributed by atoms with E-state index >= 15 is 0 Å². The van der Waals surface area contributed by atoms with Gasteiger partial charge in [0.15, 0.2) is 0 Å². The number of nitrogens with two attached hydrogens (primary N) is 1. The second-order valence-corrected chi connectivity index (χ2v) is 4.86. The molecular formula is C14H14N2OS. The molecule has 0 fully saturated rings. The largest absolute Gasteiger partial charge is 0.508 e. The van der Waals surface area contributed by atoms with E-state index in [2.05, 4.69) is 0 Å². The summed E-state index contributed by atoms with van der Waals surface area (Å²) in [5, 5.41) is 18.9. The van der Waals surface area contributed by atoms with Crippen molar-refractivity contribution in [1.82, 2.24) is 0 Å². The number of aromatic hydroxyl groups is 1. The number of nitriles is 1. The van der Waals surface area contributed by atoms with Crippen LogP contribution in [0.2, 0.25) is 0 Å². The Labute approximate surface area is 112 Å². The third-order valence-electron chi connectivity index (χ3n) is 3.16. The van der Waals surface area contributed by atoms with Gasteiger partial charge in [0, 0.05) is 0 Å². The third kappa shape index (κ3) is 2.52. The first-order valence-corrected chi connectivity index (χ1v) is 6.29. The highest BCUT2D eigenvalue weighted by Crippen LogP contribution is 2.31. The molecule has 0 saturated heterocycles. The van der Waals surface area contributed by atoms with Gasteiger partial charge in [-0.2, -0.15) is 5.26 Å². The van der Waals surface area contributed by atoms with Gasteiger partial charge in [0.2, 0.25) is 0 Å². The van der Waals surface area contributed by atoms with Crippen molar-refractivity contribution in [1.29, 1.82) is 5.26 Å². The van der Waals surface area contributed by atoms with Gasteiger partial charge in [-0.3, -0.25) is 0 Å². The van der Waals surface area contributed by atoms with E-state index in [1.165, 1.54) is 0 Å². The maximum Gasteiger partial charge on any atom is 0.119 e. The Balaban J connectivity index is 2.45. The minimum Gasteiger partial charge on any atom is -0.508 e. The summed E-state index contributed by atoms with van der Waals surface area (Å²) in [5.74, 6) is 0.304. The van der Waals surface area contributed by atoms with E-state index in [4.69, 9.17) is 23.2 Å². The van der Waals surface area contributed by atoms with Crippen molar-refractivity contribution in [3.63, 3.8) is 0 Å². The molecule has 1 aliphatic carbocycles. The molecule has 0 atom stereocenters. The van der Waals surface area contributed by atoms with Crippen LogP contribution in [0, 0.1) is 11.3 Å². The Kier molecular flexibility index (Phi) is 3.63. The lowest BCUT2D eigenvalue weighted by atomic mass is 9.89. The Hall–Kier alpha value is -1.86.